The molecule has 3 heteroatoms. The van der Waals surface area contributed by atoms with Gasteiger partial charge in [0.1, 0.15) is 0 Å². The van der Waals surface area contributed by atoms with Gasteiger partial charge >= 0.3 is 0 Å². The molecule has 0 saturated heterocycles. The molecule has 13 heavy (non-hydrogen) atoms. The first-order valence-electron chi connectivity index (χ1n) is 4.63. The highest BCUT2D eigenvalue weighted by Gasteiger charge is 2.08. The van der Waals surface area contributed by atoms with E-state index in [1.807, 2.05) is 13.8 Å². The minimum absolute atomic E-state index is 0.234. The first-order valence-corrected chi connectivity index (χ1v) is 4.63. The lowest BCUT2D eigenvalue weighted by molar-refractivity contribution is 0.116. The molecule has 0 spiro atoms. The second-order valence-corrected chi connectivity index (χ2v) is 3.55. The summed E-state index contributed by atoms with van der Waals surface area (Å²) in [6.07, 6.45) is 6.40. The maximum Gasteiger partial charge on any atom is 0.0587 e. The molecule has 0 amide bonds. The lowest BCUT2D eigenvalue weighted by Crippen LogP contribution is -2.15. The Balaban J connectivity index is 2.35. The summed E-state index contributed by atoms with van der Waals surface area (Å²) in [6, 6.07) is 0. The van der Waals surface area contributed by atoms with Gasteiger partial charge < -0.3 is 5.11 Å². The van der Waals surface area contributed by atoms with Crippen LogP contribution < -0.4 is 0 Å². The summed E-state index contributed by atoms with van der Waals surface area (Å²) in [5, 5.41) is 9.54. The van der Waals surface area contributed by atoms with Crippen LogP contribution in [0.2, 0.25) is 0 Å². The van der Waals surface area contributed by atoms with Crippen LogP contribution in [0.1, 0.15) is 26.0 Å². The summed E-state index contributed by atoms with van der Waals surface area (Å²) < 4.78 is 0. The first kappa shape index (κ1) is 10.1. The minimum atomic E-state index is -0.234. The molecule has 3 nitrogen and oxygen atoms in total. The van der Waals surface area contributed by atoms with Gasteiger partial charge in [-0.05, 0) is 18.8 Å². The van der Waals surface area contributed by atoms with Crippen molar-refractivity contribution in [1.29, 1.82) is 0 Å². The van der Waals surface area contributed by atoms with Crippen LogP contribution in [0.15, 0.2) is 18.6 Å². The van der Waals surface area contributed by atoms with Gasteiger partial charge in [-0.2, -0.15) is 0 Å². The Labute approximate surface area is 78.9 Å². The summed E-state index contributed by atoms with van der Waals surface area (Å²) in [4.78, 5) is 8.10. The Bertz CT molecular complexity index is 236. The van der Waals surface area contributed by atoms with Gasteiger partial charge in [0.15, 0.2) is 0 Å². The normalized spacial score (nSPS) is 13.2. The summed E-state index contributed by atoms with van der Waals surface area (Å²) in [5.74, 6) is 0.316. The molecule has 1 aromatic heterocycles. The predicted octanol–water partition coefficient (Wildman–Crippen LogP) is 1.43. The Morgan fingerprint density at radius 1 is 1.38 bits per heavy atom. The van der Waals surface area contributed by atoms with Crippen LogP contribution in [0, 0.1) is 5.92 Å². The van der Waals surface area contributed by atoms with Gasteiger partial charge in [-0.25, -0.2) is 0 Å². The molecule has 1 aromatic rings. The number of nitrogens with zero attached hydrogens (tertiary/aromatic N) is 2. The number of aromatic nitrogens is 2. The smallest absolute Gasteiger partial charge is 0.0587 e. The summed E-state index contributed by atoms with van der Waals surface area (Å²) >= 11 is 0. The molecular weight excluding hydrogens is 164 g/mol. The predicted molar refractivity (Wildman–Crippen MR) is 51.2 cm³/mol. The van der Waals surface area contributed by atoms with Crippen molar-refractivity contribution in [2.24, 2.45) is 5.92 Å². The van der Waals surface area contributed by atoms with Crippen LogP contribution in [0.5, 0.6) is 0 Å². The third kappa shape index (κ3) is 3.51. The van der Waals surface area contributed by atoms with E-state index in [0.29, 0.717) is 5.92 Å². The van der Waals surface area contributed by atoms with Crippen molar-refractivity contribution < 1.29 is 5.11 Å². The standard InChI is InChI=1S/C10H16N2O/c1-8(2)10(13)4-3-9-7-11-5-6-12-9/h5-8,10,13H,3-4H2,1-2H3. The van der Waals surface area contributed by atoms with Crippen molar-refractivity contribution in [2.75, 3.05) is 0 Å². The minimum Gasteiger partial charge on any atom is -0.393 e. The number of hydrogen-bond donors (Lipinski definition) is 1. The maximum atomic E-state index is 9.54. The van der Waals surface area contributed by atoms with E-state index in [1.165, 1.54) is 0 Å². The third-order valence-corrected chi connectivity index (χ3v) is 2.08. The molecule has 0 aliphatic carbocycles. The molecule has 0 radical (unpaired) electrons. The van der Waals surface area contributed by atoms with Crippen LogP contribution in [0.25, 0.3) is 0 Å². The largest absolute Gasteiger partial charge is 0.393 e. The first-order chi connectivity index (χ1) is 6.20. The Morgan fingerprint density at radius 3 is 2.69 bits per heavy atom. The van der Waals surface area contributed by atoms with Gasteiger partial charge in [0.25, 0.3) is 0 Å². The van der Waals surface area contributed by atoms with Crippen LogP contribution in [0.3, 0.4) is 0 Å². The Kier molecular flexibility index (Phi) is 3.83. The topological polar surface area (TPSA) is 46.0 Å². The molecule has 1 rings (SSSR count). The fraction of sp³-hybridized carbons (Fsp3) is 0.600. The average molecular weight is 180 g/mol. The molecule has 0 saturated carbocycles. The van der Waals surface area contributed by atoms with E-state index in [-0.39, 0.29) is 6.10 Å². The number of aliphatic hydroxyl groups is 1. The molecule has 1 unspecified atom stereocenters. The van der Waals surface area contributed by atoms with Crippen LogP contribution in [-0.2, 0) is 6.42 Å². The Hall–Kier alpha value is -0.960. The van der Waals surface area contributed by atoms with E-state index in [9.17, 15) is 5.11 Å². The molecular formula is C10H16N2O. The van der Waals surface area contributed by atoms with Gasteiger partial charge in [-0.15, -0.1) is 0 Å². The fourth-order valence-corrected chi connectivity index (χ4v) is 1.09. The highest BCUT2D eigenvalue weighted by molar-refractivity contribution is 4.94. The van der Waals surface area contributed by atoms with Crippen LogP contribution in [-0.4, -0.2) is 21.2 Å². The van der Waals surface area contributed by atoms with Crippen molar-refractivity contribution in [3.63, 3.8) is 0 Å². The lowest BCUT2D eigenvalue weighted by Gasteiger charge is -2.13. The zero-order valence-electron chi connectivity index (χ0n) is 8.14. The van der Waals surface area contributed by atoms with Crippen molar-refractivity contribution in [3.05, 3.63) is 24.3 Å². The van der Waals surface area contributed by atoms with Crippen LogP contribution >= 0.6 is 0 Å². The van der Waals surface area contributed by atoms with E-state index < -0.39 is 0 Å². The number of rotatable bonds is 4. The van der Waals surface area contributed by atoms with Gasteiger partial charge in [0.2, 0.25) is 0 Å². The molecule has 0 fully saturated rings. The van der Waals surface area contributed by atoms with Gasteiger partial charge in [-0.1, -0.05) is 13.8 Å². The quantitative estimate of drug-likeness (QED) is 0.762. The van der Waals surface area contributed by atoms with Crippen molar-refractivity contribution in [2.45, 2.75) is 32.8 Å². The second kappa shape index (κ2) is 4.92. The van der Waals surface area contributed by atoms with E-state index in [2.05, 4.69) is 9.97 Å². The monoisotopic (exact) mass is 180 g/mol. The zero-order chi connectivity index (χ0) is 9.68. The van der Waals surface area contributed by atoms with Crippen LogP contribution in [0.4, 0.5) is 0 Å². The molecule has 1 atom stereocenters. The molecule has 0 bridgehead atoms. The average Bonchev–Trinajstić information content (AvgIpc) is 2.15. The van der Waals surface area contributed by atoms with E-state index in [1.54, 1.807) is 18.6 Å². The summed E-state index contributed by atoms with van der Waals surface area (Å²) in [7, 11) is 0. The Morgan fingerprint density at radius 2 is 2.15 bits per heavy atom. The van der Waals surface area contributed by atoms with Gasteiger partial charge in [0.05, 0.1) is 11.8 Å². The van der Waals surface area contributed by atoms with Crippen molar-refractivity contribution in [3.8, 4) is 0 Å². The van der Waals surface area contributed by atoms with Crippen molar-refractivity contribution in [1.82, 2.24) is 9.97 Å². The molecule has 1 heterocycles. The fourth-order valence-electron chi connectivity index (χ4n) is 1.09. The SMILES string of the molecule is CC(C)C(O)CCc1cnccn1. The summed E-state index contributed by atoms with van der Waals surface area (Å²) in [6.45, 7) is 4.03. The molecule has 0 aliphatic heterocycles. The van der Waals surface area contributed by atoms with Gasteiger partial charge in [-0.3, -0.25) is 9.97 Å². The highest BCUT2D eigenvalue weighted by Crippen LogP contribution is 2.08. The molecule has 0 aromatic carbocycles. The van der Waals surface area contributed by atoms with E-state index in [0.717, 1.165) is 18.5 Å². The zero-order valence-corrected chi connectivity index (χ0v) is 8.14. The molecule has 72 valence electrons. The van der Waals surface area contributed by atoms with Gasteiger partial charge in [0, 0.05) is 18.6 Å². The number of hydrogen-bond acceptors (Lipinski definition) is 3. The molecule has 0 aliphatic rings. The van der Waals surface area contributed by atoms with Crippen molar-refractivity contribution >= 4 is 0 Å². The molecule has 1 N–H and O–H groups in total. The van der Waals surface area contributed by atoms with E-state index in [4.69, 9.17) is 0 Å². The van der Waals surface area contributed by atoms with E-state index >= 15 is 0 Å². The third-order valence-electron chi connectivity index (χ3n) is 2.08. The highest BCUT2D eigenvalue weighted by atomic mass is 16.3. The number of aliphatic hydroxyl groups excluding tert-OH is 1. The lowest BCUT2D eigenvalue weighted by atomic mass is 10.0. The second-order valence-electron chi connectivity index (χ2n) is 3.55. The summed E-state index contributed by atoms with van der Waals surface area (Å²) in [5.41, 5.74) is 0.946. The maximum absolute atomic E-state index is 9.54. The number of aryl methyl sites for hydroxylation is 1.